The number of anilines is 1. The second kappa shape index (κ2) is 7.16. The van der Waals surface area contributed by atoms with Gasteiger partial charge in [0.2, 0.25) is 11.8 Å². The lowest BCUT2D eigenvalue weighted by Crippen LogP contribution is -2.51. The summed E-state index contributed by atoms with van der Waals surface area (Å²) in [5.74, 6) is -0.921. The molecule has 3 N–H and O–H groups in total. The number of hydrogen-bond donors (Lipinski definition) is 3. The average Bonchev–Trinajstić information content (AvgIpc) is 2.85. The SMILES string of the molecule is CCCC(C)(NCC(=O)Nc1nnc(C(C)C)o1)C(=O)O. The molecule has 0 aromatic carbocycles. The van der Waals surface area contributed by atoms with Gasteiger partial charge in [0.15, 0.2) is 0 Å². The van der Waals surface area contributed by atoms with E-state index in [0.717, 1.165) is 0 Å². The molecule has 8 nitrogen and oxygen atoms in total. The number of aliphatic carboxylic acids is 1. The molecule has 0 radical (unpaired) electrons. The number of nitrogens with one attached hydrogen (secondary N) is 2. The van der Waals surface area contributed by atoms with Crippen molar-refractivity contribution in [3.05, 3.63) is 5.89 Å². The summed E-state index contributed by atoms with van der Waals surface area (Å²) in [5.41, 5.74) is -1.13. The molecule has 0 spiro atoms. The van der Waals surface area contributed by atoms with Gasteiger partial charge in [0.25, 0.3) is 0 Å². The summed E-state index contributed by atoms with van der Waals surface area (Å²) < 4.78 is 5.24. The van der Waals surface area contributed by atoms with Gasteiger partial charge in [-0.2, -0.15) is 0 Å². The van der Waals surface area contributed by atoms with E-state index < -0.39 is 17.4 Å². The molecule has 0 saturated carbocycles. The van der Waals surface area contributed by atoms with E-state index in [9.17, 15) is 14.7 Å². The quantitative estimate of drug-likeness (QED) is 0.663. The molecule has 0 aliphatic heterocycles. The molecule has 1 rings (SSSR count). The monoisotopic (exact) mass is 298 g/mol. The van der Waals surface area contributed by atoms with E-state index in [4.69, 9.17) is 4.42 Å². The Kier molecular flexibility index (Phi) is 5.83. The molecule has 0 bridgehead atoms. The average molecular weight is 298 g/mol. The predicted octanol–water partition coefficient (Wildman–Crippen LogP) is 1.36. The number of hydrogen-bond acceptors (Lipinski definition) is 6. The van der Waals surface area contributed by atoms with Crippen LogP contribution in [0.4, 0.5) is 6.01 Å². The van der Waals surface area contributed by atoms with Gasteiger partial charge in [-0.05, 0) is 13.3 Å². The minimum absolute atomic E-state index is 0.0121. The molecule has 0 aliphatic carbocycles. The van der Waals surface area contributed by atoms with Gasteiger partial charge >= 0.3 is 12.0 Å². The number of rotatable bonds is 8. The Morgan fingerprint density at radius 2 is 2.05 bits per heavy atom. The van der Waals surface area contributed by atoms with Crippen LogP contribution in [0.1, 0.15) is 52.3 Å². The summed E-state index contributed by atoms with van der Waals surface area (Å²) in [5, 5.41) is 21.9. The molecule has 118 valence electrons. The number of amides is 1. The van der Waals surface area contributed by atoms with Crippen molar-refractivity contribution in [2.24, 2.45) is 0 Å². The van der Waals surface area contributed by atoms with E-state index in [0.29, 0.717) is 18.7 Å². The largest absolute Gasteiger partial charge is 0.480 e. The fourth-order valence-electron chi connectivity index (χ4n) is 1.73. The zero-order valence-corrected chi connectivity index (χ0v) is 12.8. The second-order valence-corrected chi connectivity index (χ2v) is 5.39. The van der Waals surface area contributed by atoms with Crippen molar-refractivity contribution in [3.63, 3.8) is 0 Å². The van der Waals surface area contributed by atoms with Crippen LogP contribution in [-0.2, 0) is 9.59 Å². The summed E-state index contributed by atoms with van der Waals surface area (Å²) in [4.78, 5) is 23.0. The first-order valence-corrected chi connectivity index (χ1v) is 6.90. The predicted molar refractivity (Wildman–Crippen MR) is 76.0 cm³/mol. The van der Waals surface area contributed by atoms with Gasteiger partial charge < -0.3 is 9.52 Å². The van der Waals surface area contributed by atoms with Crippen molar-refractivity contribution in [1.82, 2.24) is 15.5 Å². The van der Waals surface area contributed by atoms with Crippen molar-refractivity contribution in [1.29, 1.82) is 0 Å². The molecule has 1 unspecified atom stereocenters. The number of nitrogens with zero attached hydrogens (tertiary/aromatic N) is 2. The van der Waals surface area contributed by atoms with Crippen LogP contribution in [0.3, 0.4) is 0 Å². The van der Waals surface area contributed by atoms with E-state index >= 15 is 0 Å². The summed E-state index contributed by atoms with van der Waals surface area (Å²) >= 11 is 0. The fourth-order valence-corrected chi connectivity index (χ4v) is 1.73. The Hall–Kier alpha value is -1.96. The molecule has 1 aromatic rings. The first kappa shape index (κ1) is 17.1. The maximum atomic E-state index is 11.8. The van der Waals surface area contributed by atoms with Gasteiger partial charge in [-0.1, -0.05) is 32.3 Å². The third-order valence-corrected chi connectivity index (χ3v) is 3.04. The van der Waals surface area contributed by atoms with Crippen molar-refractivity contribution < 1.29 is 19.1 Å². The lowest BCUT2D eigenvalue weighted by atomic mass is 9.96. The van der Waals surface area contributed by atoms with Crippen molar-refractivity contribution >= 4 is 17.9 Å². The molecule has 21 heavy (non-hydrogen) atoms. The van der Waals surface area contributed by atoms with Gasteiger partial charge in [0.1, 0.15) is 5.54 Å². The number of carbonyl (C=O) groups is 2. The molecular formula is C13H22N4O4. The molecule has 1 heterocycles. The van der Waals surface area contributed by atoms with Gasteiger partial charge in [0.05, 0.1) is 6.54 Å². The maximum absolute atomic E-state index is 11.8. The fraction of sp³-hybridized carbons (Fsp3) is 0.692. The third-order valence-electron chi connectivity index (χ3n) is 3.04. The van der Waals surface area contributed by atoms with Gasteiger partial charge in [-0.15, -0.1) is 5.10 Å². The zero-order valence-electron chi connectivity index (χ0n) is 12.8. The number of carboxylic acids is 1. The highest BCUT2D eigenvalue weighted by Crippen LogP contribution is 2.15. The molecule has 0 saturated heterocycles. The minimum atomic E-state index is -1.13. The van der Waals surface area contributed by atoms with Crippen molar-refractivity contribution in [2.75, 3.05) is 11.9 Å². The molecule has 8 heteroatoms. The van der Waals surface area contributed by atoms with Crippen LogP contribution in [0.5, 0.6) is 0 Å². The van der Waals surface area contributed by atoms with Crippen LogP contribution in [0.2, 0.25) is 0 Å². The lowest BCUT2D eigenvalue weighted by Gasteiger charge is -2.25. The molecule has 1 atom stereocenters. The van der Waals surface area contributed by atoms with Crippen LogP contribution in [0.15, 0.2) is 4.42 Å². The normalized spacial score (nSPS) is 14.0. The molecule has 1 aromatic heterocycles. The Bertz CT molecular complexity index is 500. The summed E-state index contributed by atoms with van der Waals surface area (Å²) in [6, 6.07) is 0.0121. The first-order chi connectivity index (χ1) is 9.78. The minimum Gasteiger partial charge on any atom is -0.480 e. The van der Waals surface area contributed by atoms with Gasteiger partial charge in [-0.3, -0.25) is 20.2 Å². The Morgan fingerprint density at radius 1 is 1.38 bits per heavy atom. The Morgan fingerprint density at radius 3 is 2.52 bits per heavy atom. The van der Waals surface area contributed by atoms with E-state index in [1.807, 2.05) is 20.8 Å². The van der Waals surface area contributed by atoms with Crippen molar-refractivity contribution in [3.8, 4) is 0 Å². The van der Waals surface area contributed by atoms with Crippen LogP contribution in [0.25, 0.3) is 0 Å². The van der Waals surface area contributed by atoms with E-state index in [2.05, 4.69) is 20.8 Å². The van der Waals surface area contributed by atoms with E-state index in [1.54, 1.807) is 6.92 Å². The van der Waals surface area contributed by atoms with Crippen molar-refractivity contribution in [2.45, 2.75) is 52.0 Å². The smallest absolute Gasteiger partial charge is 0.323 e. The molecule has 1 amide bonds. The molecule has 0 fully saturated rings. The highest BCUT2D eigenvalue weighted by atomic mass is 16.4. The van der Waals surface area contributed by atoms with Crippen LogP contribution < -0.4 is 10.6 Å². The number of carboxylic acid groups (broad SMARTS) is 1. The molecular weight excluding hydrogens is 276 g/mol. The third kappa shape index (κ3) is 4.82. The zero-order chi connectivity index (χ0) is 16.0. The topological polar surface area (TPSA) is 117 Å². The van der Waals surface area contributed by atoms with E-state index in [1.165, 1.54) is 0 Å². The van der Waals surface area contributed by atoms with E-state index in [-0.39, 0.29) is 18.5 Å². The van der Waals surface area contributed by atoms with Gasteiger partial charge in [-0.25, -0.2) is 0 Å². The molecule has 0 aliphatic rings. The van der Waals surface area contributed by atoms with Crippen LogP contribution in [0, 0.1) is 0 Å². The summed E-state index contributed by atoms with van der Waals surface area (Å²) in [6.07, 6.45) is 1.12. The first-order valence-electron chi connectivity index (χ1n) is 6.90. The highest BCUT2D eigenvalue weighted by molar-refractivity contribution is 5.91. The second-order valence-electron chi connectivity index (χ2n) is 5.39. The summed E-state index contributed by atoms with van der Waals surface area (Å²) in [7, 11) is 0. The Labute approximate surface area is 123 Å². The number of aromatic nitrogens is 2. The van der Waals surface area contributed by atoms with Crippen LogP contribution >= 0.6 is 0 Å². The van der Waals surface area contributed by atoms with Gasteiger partial charge in [0, 0.05) is 5.92 Å². The maximum Gasteiger partial charge on any atom is 0.323 e. The Balaban J connectivity index is 2.54. The highest BCUT2D eigenvalue weighted by Gasteiger charge is 2.32. The van der Waals surface area contributed by atoms with Crippen LogP contribution in [-0.4, -0.2) is 39.3 Å². The standard InChI is InChI=1S/C13H22N4O4/c1-5-6-13(4,11(19)20)14-7-9(18)15-12-17-16-10(21-12)8(2)3/h8,14H,5-7H2,1-4H3,(H,19,20)(H,15,17,18). The lowest BCUT2D eigenvalue weighted by molar-refractivity contribution is -0.144. The number of carbonyl (C=O) groups excluding carboxylic acids is 1. The summed E-state index contributed by atoms with van der Waals surface area (Å²) in [6.45, 7) is 7.07.